The van der Waals surface area contributed by atoms with Crippen LogP contribution in [0, 0.1) is 5.92 Å². The number of nitrogens with one attached hydrogen (secondary N) is 3. The summed E-state index contributed by atoms with van der Waals surface area (Å²) in [5.41, 5.74) is 1.25. The van der Waals surface area contributed by atoms with Gasteiger partial charge in [0.05, 0.1) is 4.88 Å². The molecule has 0 bridgehead atoms. The van der Waals surface area contributed by atoms with E-state index in [4.69, 9.17) is 0 Å². The Morgan fingerprint density at radius 1 is 1.04 bits per heavy atom. The van der Waals surface area contributed by atoms with Gasteiger partial charge in [-0.25, -0.2) is 0 Å². The zero-order chi connectivity index (χ0) is 18.4. The van der Waals surface area contributed by atoms with Crippen LogP contribution in [0.2, 0.25) is 0 Å². The van der Waals surface area contributed by atoms with Crippen molar-refractivity contribution < 1.29 is 14.4 Å². The van der Waals surface area contributed by atoms with Crippen LogP contribution in [0.4, 0.5) is 11.4 Å². The van der Waals surface area contributed by atoms with Crippen molar-refractivity contribution >= 4 is 40.4 Å². The van der Waals surface area contributed by atoms with Gasteiger partial charge in [-0.15, -0.1) is 11.3 Å². The number of carbonyl (C=O) groups excluding carboxylic acids is 3. The highest BCUT2D eigenvalue weighted by Gasteiger charge is 2.28. The lowest BCUT2D eigenvalue weighted by atomic mass is 10.2. The molecule has 3 rings (SSSR count). The smallest absolute Gasteiger partial charge is 0.265 e. The minimum absolute atomic E-state index is 0.0968. The molecule has 1 aliphatic carbocycles. The molecule has 6 nitrogen and oxygen atoms in total. The zero-order valence-corrected chi connectivity index (χ0v) is 15.1. The van der Waals surface area contributed by atoms with Crippen molar-refractivity contribution in [3.63, 3.8) is 0 Å². The third-order valence-electron chi connectivity index (χ3n) is 3.98. The predicted molar refractivity (Wildman–Crippen MR) is 102 cm³/mol. The molecular formula is C19H21N3O3S. The lowest BCUT2D eigenvalue weighted by molar-refractivity contribution is -0.122. The van der Waals surface area contributed by atoms with E-state index in [1.165, 1.54) is 11.3 Å². The number of benzene rings is 1. The Labute approximate surface area is 156 Å². The molecule has 26 heavy (non-hydrogen) atoms. The second kappa shape index (κ2) is 8.62. The van der Waals surface area contributed by atoms with Gasteiger partial charge >= 0.3 is 0 Å². The minimum Gasteiger partial charge on any atom is -0.356 e. The number of hydrogen-bond acceptors (Lipinski definition) is 4. The summed E-state index contributed by atoms with van der Waals surface area (Å²) in [6.45, 7) is 0.514. The molecule has 2 aromatic rings. The lowest BCUT2D eigenvalue weighted by Gasteiger charge is -2.09. The van der Waals surface area contributed by atoms with Crippen molar-refractivity contribution in [2.45, 2.75) is 25.7 Å². The van der Waals surface area contributed by atoms with Crippen LogP contribution in [-0.4, -0.2) is 24.3 Å². The lowest BCUT2D eigenvalue weighted by Crippen LogP contribution is -2.26. The molecule has 136 valence electrons. The van der Waals surface area contributed by atoms with Crippen molar-refractivity contribution in [3.8, 4) is 0 Å². The molecule has 0 spiro atoms. The van der Waals surface area contributed by atoms with Gasteiger partial charge in [0.2, 0.25) is 11.8 Å². The summed E-state index contributed by atoms with van der Waals surface area (Å²) < 4.78 is 0. The monoisotopic (exact) mass is 371 g/mol. The normalized spacial score (nSPS) is 13.1. The van der Waals surface area contributed by atoms with E-state index in [0.29, 0.717) is 35.6 Å². The third-order valence-corrected chi connectivity index (χ3v) is 4.85. The molecule has 1 aromatic heterocycles. The first-order chi connectivity index (χ1) is 12.6. The average Bonchev–Trinajstić information content (AvgIpc) is 3.33. The number of rotatable bonds is 8. The van der Waals surface area contributed by atoms with Gasteiger partial charge in [-0.1, -0.05) is 12.1 Å². The van der Waals surface area contributed by atoms with Gasteiger partial charge in [-0.05, 0) is 48.9 Å². The molecule has 3 amide bonds. The van der Waals surface area contributed by atoms with E-state index in [2.05, 4.69) is 16.0 Å². The molecule has 0 atom stereocenters. The van der Waals surface area contributed by atoms with Crippen molar-refractivity contribution in [2.75, 3.05) is 17.2 Å². The molecule has 7 heteroatoms. The third kappa shape index (κ3) is 5.42. The Kier molecular flexibility index (Phi) is 6.01. The van der Waals surface area contributed by atoms with E-state index in [1.807, 2.05) is 11.4 Å². The van der Waals surface area contributed by atoms with Gasteiger partial charge in [0, 0.05) is 30.3 Å². The Bertz CT molecular complexity index is 785. The number of thiophene rings is 1. The Morgan fingerprint density at radius 2 is 1.81 bits per heavy atom. The van der Waals surface area contributed by atoms with E-state index in [0.717, 1.165) is 12.8 Å². The summed E-state index contributed by atoms with van der Waals surface area (Å²) >= 11 is 1.37. The van der Waals surface area contributed by atoms with Crippen LogP contribution in [0.3, 0.4) is 0 Å². The molecule has 0 radical (unpaired) electrons. The van der Waals surface area contributed by atoms with E-state index < -0.39 is 0 Å². The van der Waals surface area contributed by atoms with Crippen LogP contribution in [-0.2, 0) is 9.59 Å². The first-order valence-corrected chi connectivity index (χ1v) is 9.52. The molecular weight excluding hydrogens is 350 g/mol. The molecule has 1 fully saturated rings. The van der Waals surface area contributed by atoms with Crippen molar-refractivity contribution in [2.24, 2.45) is 5.92 Å². The minimum atomic E-state index is -0.171. The topological polar surface area (TPSA) is 87.3 Å². The number of amides is 3. The standard InChI is InChI=1S/C19H21N3O3S/c23-17(7-2-10-20-18(24)13-8-9-13)21-14-4-1-5-15(12-14)22-19(25)16-6-3-11-26-16/h1,3-6,11-13H,2,7-10H2,(H,20,24)(H,21,23)(H,22,25). The second-order valence-electron chi connectivity index (χ2n) is 6.23. The largest absolute Gasteiger partial charge is 0.356 e. The van der Waals surface area contributed by atoms with Crippen molar-refractivity contribution in [1.82, 2.24) is 5.32 Å². The van der Waals surface area contributed by atoms with Gasteiger partial charge in [0.1, 0.15) is 0 Å². The molecule has 0 saturated heterocycles. The van der Waals surface area contributed by atoms with E-state index in [-0.39, 0.29) is 23.6 Å². The summed E-state index contributed by atoms with van der Waals surface area (Å²) in [6, 6.07) is 10.6. The SMILES string of the molecule is O=C(CCCNC(=O)C1CC1)Nc1cccc(NC(=O)c2cccs2)c1. The fraction of sp³-hybridized carbons (Fsp3) is 0.316. The van der Waals surface area contributed by atoms with Gasteiger partial charge in [-0.2, -0.15) is 0 Å². The molecule has 1 saturated carbocycles. The number of anilines is 2. The van der Waals surface area contributed by atoms with Gasteiger partial charge in [0.25, 0.3) is 5.91 Å². The summed E-state index contributed by atoms with van der Waals surface area (Å²) in [5.74, 6) is -0.00201. The van der Waals surface area contributed by atoms with Gasteiger partial charge < -0.3 is 16.0 Å². The summed E-state index contributed by atoms with van der Waals surface area (Å²) in [6.07, 6.45) is 2.88. The first kappa shape index (κ1) is 18.1. The average molecular weight is 371 g/mol. The van der Waals surface area contributed by atoms with Crippen LogP contribution in [0.1, 0.15) is 35.4 Å². The number of hydrogen-bond donors (Lipinski definition) is 3. The fourth-order valence-corrected chi connectivity index (χ4v) is 3.07. The van der Waals surface area contributed by atoms with Crippen LogP contribution >= 0.6 is 11.3 Å². The summed E-state index contributed by atoms with van der Waals surface area (Å²) in [7, 11) is 0. The highest BCUT2D eigenvalue weighted by atomic mass is 32.1. The van der Waals surface area contributed by atoms with E-state index in [1.54, 1.807) is 30.3 Å². The van der Waals surface area contributed by atoms with Crippen molar-refractivity contribution in [3.05, 3.63) is 46.7 Å². The Balaban J connectivity index is 1.43. The van der Waals surface area contributed by atoms with Gasteiger partial charge in [-0.3, -0.25) is 14.4 Å². The summed E-state index contributed by atoms with van der Waals surface area (Å²) in [4.78, 5) is 36.2. The van der Waals surface area contributed by atoms with Crippen LogP contribution in [0.15, 0.2) is 41.8 Å². The second-order valence-corrected chi connectivity index (χ2v) is 7.18. The molecule has 1 aromatic carbocycles. The number of carbonyl (C=O) groups is 3. The maximum absolute atomic E-state index is 12.1. The highest BCUT2D eigenvalue weighted by Crippen LogP contribution is 2.28. The molecule has 3 N–H and O–H groups in total. The molecule has 1 aliphatic rings. The molecule has 0 aliphatic heterocycles. The Morgan fingerprint density at radius 3 is 2.50 bits per heavy atom. The van der Waals surface area contributed by atoms with Crippen LogP contribution < -0.4 is 16.0 Å². The Hall–Kier alpha value is -2.67. The summed E-state index contributed by atoms with van der Waals surface area (Å²) in [5, 5.41) is 10.3. The van der Waals surface area contributed by atoms with Gasteiger partial charge in [0.15, 0.2) is 0 Å². The maximum Gasteiger partial charge on any atom is 0.265 e. The maximum atomic E-state index is 12.1. The zero-order valence-electron chi connectivity index (χ0n) is 14.3. The van der Waals surface area contributed by atoms with Crippen molar-refractivity contribution in [1.29, 1.82) is 0 Å². The first-order valence-electron chi connectivity index (χ1n) is 8.64. The van der Waals surface area contributed by atoms with E-state index >= 15 is 0 Å². The molecule has 1 heterocycles. The van der Waals surface area contributed by atoms with E-state index in [9.17, 15) is 14.4 Å². The fourth-order valence-electron chi connectivity index (χ4n) is 2.45. The highest BCUT2D eigenvalue weighted by molar-refractivity contribution is 7.12. The predicted octanol–water partition coefficient (Wildman–Crippen LogP) is 3.25. The van der Waals surface area contributed by atoms with Crippen LogP contribution in [0.5, 0.6) is 0 Å². The quantitative estimate of drug-likeness (QED) is 0.623. The molecule has 0 unspecified atom stereocenters. The van der Waals surface area contributed by atoms with Crippen LogP contribution in [0.25, 0.3) is 0 Å².